The Morgan fingerprint density at radius 2 is 1.77 bits per heavy atom. The van der Waals surface area contributed by atoms with Gasteiger partial charge in [0.2, 0.25) is 0 Å². The molecular weight excluding hydrogens is 462 g/mol. The van der Waals surface area contributed by atoms with E-state index in [-0.39, 0.29) is 17.4 Å². The predicted molar refractivity (Wildman–Crippen MR) is 138 cm³/mol. The fourth-order valence-corrected chi connectivity index (χ4v) is 6.62. The molecule has 35 heavy (non-hydrogen) atoms. The van der Waals surface area contributed by atoms with Gasteiger partial charge in [-0.25, -0.2) is 0 Å². The maximum atomic E-state index is 13.2. The summed E-state index contributed by atoms with van der Waals surface area (Å²) < 4.78 is 36.1. The van der Waals surface area contributed by atoms with Crippen molar-refractivity contribution in [1.82, 2.24) is 14.3 Å². The van der Waals surface area contributed by atoms with E-state index in [0.717, 1.165) is 36.8 Å². The van der Waals surface area contributed by atoms with Gasteiger partial charge in [-0.2, -0.15) is 17.4 Å². The molecule has 0 unspecified atom stereocenters. The summed E-state index contributed by atoms with van der Waals surface area (Å²) in [5, 5.41) is 3.09. The first-order chi connectivity index (χ1) is 16.8. The van der Waals surface area contributed by atoms with Crippen LogP contribution in [0.2, 0.25) is 0 Å². The molecule has 1 amide bonds. The first kappa shape index (κ1) is 25.4. The first-order valence-corrected chi connectivity index (χ1v) is 13.7. The second-order valence-electron chi connectivity index (χ2n) is 9.51. The number of carbonyl (C=O) groups excluding carboxylic acids is 1. The predicted octanol–water partition coefficient (Wildman–Crippen LogP) is 3.79. The zero-order valence-electron chi connectivity index (χ0n) is 20.3. The van der Waals surface area contributed by atoms with E-state index in [1.165, 1.54) is 4.31 Å². The lowest BCUT2D eigenvalue weighted by Gasteiger charge is -2.42. The standard InChI is InChI=1S/C27H35N3O4S/c1-21-10-6-8-14-24(21)29-35(32,33)30-18-16-27(17-19-30,22-11-4-3-5-12-22)20-28-26(31)23-13-7-9-15-25(23)34-2/h3-5,7,9,11-13,15,24,29H,1,6,8,10,14,16-20H2,2H3,(H,28,31)/t24-/m0/s1. The van der Waals surface area contributed by atoms with Crippen molar-refractivity contribution in [1.29, 1.82) is 0 Å². The monoisotopic (exact) mass is 497 g/mol. The molecule has 1 atom stereocenters. The van der Waals surface area contributed by atoms with Crippen LogP contribution in [-0.4, -0.2) is 51.4 Å². The van der Waals surface area contributed by atoms with Gasteiger partial charge in [0, 0.05) is 31.1 Å². The number of amides is 1. The highest BCUT2D eigenvalue weighted by atomic mass is 32.2. The van der Waals surface area contributed by atoms with Crippen molar-refractivity contribution in [2.24, 2.45) is 0 Å². The highest BCUT2D eigenvalue weighted by molar-refractivity contribution is 7.87. The maximum Gasteiger partial charge on any atom is 0.279 e. The number of ether oxygens (including phenoxy) is 1. The van der Waals surface area contributed by atoms with Crippen LogP contribution in [0.5, 0.6) is 5.75 Å². The Kier molecular flexibility index (Phi) is 7.94. The van der Waals surface area contributed by atoms with Gasteiger partial charge in [0.1, 0.15) is 5.75 Å². The fourth-order valence-electron chi connectivity index (χ4n) is 5.17. The number of carbonyl (C=O) groups is 1. The summed E-state index contributed by atoms with van der Waals surface area (Å²) in [7, 11) is -2.07. The van der Waals surface area contributed by atoms with Gasteiger partial charge in [0.15, 0.2) is 0 Å². The number of benzene rings is 2. The van der Waals surface area contributed by atoms with E-state index in [4.69, 9.17) is 4.74 Å². The second-order valence-corrected chi connectivity index (χ2v) is 11.2. The number of hydrogen-bond donors (Lipinski definition) is 2. The molecule has 1 aliphatic heterocycles. The van der Waals surface area contributed by atoms with Crippen molar-refractivity contribution in [3.8, 4) is 5.75 Å². The Labute approximate surface area is 208 Å². The van der Waals surface area contributed by atoms with Gasteiger partial charge < -0.3 is 10.1 Å². The zero-order chi connectivity index (χ0) is 24.9. The minimum absolute atomic E-state index is 0.185. The molecule has 1 aliphatic carbocycles. The van der Waals surface area contributed by atoms with Gasteiger partial charge in [0.25, 0.3) is 16.1 Å². The molecule has 2 aromatic carbocycles. The first-order valence-electron chi connectivity index (χ1n) is 12.3. The molecule has 188 valence electrons. The Morgan fingerprint density at radius 1 is 1.09 bits per heavy atom. The molecule has 1 saturated heterocycles. The second kappa shape index (κ2) is 10.9. The van der Waals surface area contributed by atoms with E-state index < -0.39 is 10.2 Å². The molecule has 0 bridgehead atoms. The Balaban J connectivity index is 1.48. The molecule has 2 N–H and O–H groups in total. The molecule has 1 heterocycles. The summed E-state index contributed by atoms with van der Waals surface area (Å²) in [6, 6.07) is 17.0. The van der Waals surface area contributed by atoms with Crippen LogP contribution in [0.1, 0.15) is 54.4 Å². The van der Waals surface area contributed by atoms with Crippen molar-refractivity contribution in [3.05, 3.63) is 77.9 Å². The van der Waals surface area contributed by atoms with E-state index in [2.05, 4.69) is 28.8 Å². The van der Waals surface area contributed by atoms with Crippen LogP contribution in [0, 0.1) is 0 Å². The van der Waals surface area contributed by atoms with Crippen molar-refractivity contribution in [3.63, 3.8) is 0 Å². The molecule has 8 heteroatoms. The van der Waals surface area contributed by atoms with Gasteiger partial charge in [-0.05, 0) is 49.8 Å². The molecule has 0 spiro atoms. The van der Waals surface area contributed by atoms with Crippen LogP contribution < -0.4 is 14.8 Å². The van der Waals surface area contributed by atoms with E-state index >= 15 is 0 Å². The van der Waals surface area contributed by atoms with Gasteiger partial charge in [-0.1, -0.05) is 61.0 Å². The van der Waals surface area contributed by atoms with Crippen molar-refractivity contribution in [2.75, 3.05) is 26.7 Å². The summed E-state index contributed by atoms with van der Waals surface area (Å²) in [5.74, 6) is 0.320. The largest absolute Gasteiger partial charge is 0.496 e. The highest BCUT2D eigenvalue weighted by Gasteiger charge is 2.40. The number of nitrogens with one attached hydrogen (secondary N) is 2. The molecule has 2 fully saturated rings. The molecule has 0 radical (unpaired) electrons. The average Bonchev–Trinajstić information content (AvgIpc) is 2.89. The van der Waals surface area contributed by atoms with E-state index in [1.54, 1.807) is 19.2 Å². The molecule has 2 aliphatic rings. The summed E-state index contributed by atoms with van der Waals surface area (Å²) in [6.45, 7) is 5.25. The number of para-hydroxylation sites is 1. The minimum atomic E-state index is -3.61. The topological polar surface area (TPSA) is 87.7 Å². The van der Waals surface area contributed by atoms with Crippen LogP contribution in [0.15, 0.2) is 66.7 Å². The SMILES string of the molecule is C=C1CCCC[C@@H]1NS(=O)(=O)N1CCC(CNC(=O)c2ccccc2OC)(c2ccccc2)CC1. The van der Waals surface area contributed by atoms with Crippen LogP contribution in [-0.2, 0) is 15.6 Å². The number of hydrogen-bond acceptors (Lipinski definition) is 4. The minimum Gasteiger partial charge on any atom is -0.496 e. The molecule has 1 saturated carbocycles. The summed E-state index contributed by atoms with van der Waals surface area (Å²) in [4.78, 5) is 13.0. The Hall–Kier alpha value is -2.68. The number of rotatable bonds is 8. The van der Waals surface area contributed by atoms with Crippen molar-refractivity contribution < 1.29 is 17.9 Å². The van der Waals surface area contributed by atoms with Crippen molar-refractivity contribution >= 4 is 16.1 Å². The number of nitrogens with zero attached hydrogens (tertiary/aromatic N) is 1. The lowest BCUT2D eigenvalue weighted by Crippen LogP contribution is -2.54. The van der Waals surface area contributed by atoms with Crippen LogP contribution in [0.25, 0.3) is 0 Å². The van der Waals surface area contributed by atoms with Gasteiger partial charge in [0.05, 0.1) is 12.7 Å². The summed E-state index contributed by atoms with van der Waals surface area (Å²) in [6.07, 6.45) is 4.96. The lowest BCUT2D eigenvalue weighted by atomic mass is 9.73. The molecule has 7 nitrogen and oxygen atoms in total. The van der Waals surface area contributed by atoms with E-state index in [0.29, 0.717) is 43.8 Å². The van der Waals surface area contributed by atoms with Gasteiger partial charge in [-0.15, -0.1) is 0 Å². The van der Waals surface area contributed by atoms with E-state index in [9.17, 15) is 13.2 Å². The molecule has 2 aromatic rings. The fraction of sp³-hybridized carbons (Fsp3) is 0.444. The summed E-state index contributed by atoms with van der Waals surface area (Å²) >= 11 is 0. The third-order valence-electron chi connectivity index (χ3n) is 7.37. The van der Waals surface area contributed by atoms with Crippen molar-refractivity contribution in [2.45, 2.75) is 50.0 Å². The maximum absolute atomic E-state index is 13.2. The quantitative estimate of drug-likeness (QED) is 0.543. The van der Waals surface area contributed by atoms with Gasteiger partial charge in [-0.3, -0.25) is 4.79 Å². The average molecular weight is 498 g/mol. The van der Waals surface area contributed by atoms with Gasteiger partial charge >= 0.3 is 0 Å². The summed E-state index contributed by atoms with van der Waals surface area (Å²) in [5.41, 5.74) is 2.19. The normalized spacial score (nSPS) is 20.8. The van der Waals surface area contributed by atoms with Crippen LogP contribution >= 0.6 is 0 Å². The third-order valence-corrected chi connectivity index (χ3v) is 9.00. The van der Waals surface area contributed by atoms with E-state index in [1.807, 2.05) is 30.3 Å². The smallest absolute Gasteiger partial charge is 0.279 e. The zero-order valence-corrected chi connectivity index (χ0v) is 21.1. The lowest BCUT2D eigenvalue weighted by molar-refractivity contribution is 0.0929. The number of piperidine rings is 1. The van der Waals surface area contributed by atoms with Crippen LogP contribution in [0.4, 0.5) is 0 Å². The molecular formula is C27H35N3O4S. The third kappa shape index (κ3) is 5.77. The molecule has 4 rings (SSSR count). The Morgan fingerprint density at radius 3 is 2.46 bits per heavy atom. The number of methoxy groups -OCH3 is 1. The van der Waals surface area contributed by atoms with Crippen LogP contribution in [0.3, 0.4) is 0 Å². The Bertz CT molecular complexity index is 1140. The molecule has 0 aromatic heterocycles. The highest BCUT2D eigenvalue weighted by Crippen LogP contribution is 2.36.